The van der Waals surface area contributed by atoms with Gasteiger partial charge in [0.2, 0.25) is 0 Å². The van der Waals surface area contributed by atoms with Crippen molar-refractivity contribution in [3.05, 3.63) is 24.3 Å². The predicted octanol–water partition coefficient (Wildman–Crippen LogP) is 2.74. The highest BCUT2D eigenvalue weighted by atomic mass is 32.2. The average molecular weight is 170 g/mol. The van der Waals surface area contributed by atoms with Crippen molar-refractivity contribution >= 4 is 33.5 Å². The fourth-order valence-corrected chi connectivity index (χ4v) is 2.20. The van der Waals surface area contributed by atoms with Crippen LogP contribution in [0.15, 0.2) is 24.3 Å². The fraction of sp³-hybridized carbons (Fsp3) is 0. The van der Waals surface area contributed by atoms with Crippen LogP contribution in [0.2, 0.25) is 0 Å². The molecule has 0 spiro atoms. The summed E-state index contributed by atoms with van der Waals surface area (Å²) in [6.07, 6.45) is 0. The van der Waals surface area contributed by atoms with E-state index in [1.807, 2.05) is 12.1 Å². The maximum absolute atomic E-state index is 3.15. The zero-order chi connectivity index (χ0) is 6.81. The normalized spacial score (nSPS) is 10.0. The molecule has 0 amide bonds. The highest BCUT2D eigenvalue weighted by Crippen LogP contribution is 2.13. The Hall–Kier alpha value is -0.740. The second-order valence-electron chi connectivity index (χ2n) is 1.89. The Bertz CT molecular complexity index is 285. The Kier molecular flexibility index (Phi) is 1.49. The largest absolute Gasteiger partial charge is 0.295 e. The zero-order valence-electron chi connectivity index (χ0n) is 5.13. The molecule has 0 unspecified atom stereocenters. The van der Waals surface area contributed by atoms with Gasteiger partial charge in [0.05, 0.1) is 10.2 Å². The lowest BCUT2D eigenvalue weighted by Crippen LogP contribution is -1.70. The molecule has 2 nitrogen and oxygen atoms in total. The number of hydrogen-bond acceptors (Lipinski definition) is 2. The monoisotopic (exact) mass is 170 g/mol. The Morgan fingerprint density at radius 2 is 2.10 bits per heavy atom. The SMILES string of the molecule is c1ccc2s[nH]s[nH]c2c1. The Labute approximate surface area is 66.3 Å². The molecule has 2 rings (SSSR count). The molecule has 2 N–H and O–H groups in total. The first-order valence-corrected chi connectivity index (χ1v) is 4.53. The van der Waals surface area contributed by atoms with Crippen molar-refractivity contribution in [2.45, 2.75) is 0 Å². The molecule has 0 atom stereocenters. The van der Waals surface area contributed by atoms with Crippen LogP contribution in [0.3, 0.4) is 0 Å². The van der Waals surface area contributed by atoms with Gasteiger partial charge in [-0.15, -0.1) is 0 Å². The quantitative estimate of drug-likeness (QED) is 0.609. The lowest BCUT2D eigenvalue weighted by molar-refractivity contribution is 1.61. The topological polar surface area (TPSA) is 31.6 Å². The average Bonchev–Trinajstić information content (AvgIpc) is 2.05. The minimum absolute atomic E-state index is 1.19. The third-order valence-corrected chi connectivity index (χ3v) is 2.81. The van der Waals surface area contributed by atoms with E-state index in [1.54, 1.807) is 11.5 Å². The molecule has 1 heterocycles. The molecule has 0 saturated carbocycles. The van der Waals surface area contributed by atoms with Crippen LogP contribution in [0.25, 0.3) is 10.2 Å². The van der Waals surface area contributed by atoms with E-state index in [9.17, 15) is 0 Å². The lowest BCUT2D eigenvalue weighted by atomic mass is 10.3. The van der Waals surface area contributed by atoms with Gasteiger partial charge in [0.25, 0.3) is 0 Å². The second kappa shape index (κ2) is 2.48. The van der Waals surface area contributed by atoms with Gasteiger partial charge in [0.1, 0.15) is 0 Å². The maximum Gasteiger partial charge on any atom is 0.0692 e. The van der Waals surface area contributed by atoms with Gasteiger partial charge in [-0.05, 0) is 23.7 Å². The third-order valence-electron chi connectivity index (χ3n) is 1.24. The molecule has 4 heteroatoms. The van der Waals surface area contributed by atoms with Crippen LogP contribution in [-0.4, -0.2) is 8.14 Å². The van der Waals surface area contributed by atoms with Gasteiger partial charge < -0.3 is 0 Å². The number of H-pyrrole nitrogens is 2. The molecule has 52 valence electrons. The number of para-hydroxylation sites is 1. The van der Waals surface area contributed by atoms with Crippen LogP contribution < -0.4 is 0 Å². The molecular formula is C6H6N2S2. The van der Waals surface area contributed by atoms with E-state index in [0.29, 0.717) is 0 Å². The second-order valence-corrected chi connectivity index (χ2v) is 3.60. The van der Waals surface area contributed by atoms with E-state index in [-0.39, 0.29) is 0 Å². The first kappa shape index (κ1) is 6.00. The van der Waals surface area contributed by atoms with E-state index in [2.05, 4.69) is 20.3 Å². The molecule has 1 aromatic heterocycles. The van der Waals surface area contributed by atoms with Crippen LogP contribution in [0.5, 0.6) is 0 Å². The van der Waals surface area contributed by atoms with Gasteiger partial charge in [-0.3, -0.25) is 8.14 Å². The van der Waals surface area contributed by atoms with Gasteiger partial charge in [0.15, 0.2) is 0 Å². The van der Waals surface area contributed by atoms with E-state index >= 15 is 0 Å². The Balaban J connectivity index is 2.89. The van der Waals surface area contributed by atoms with Crippen LogP contribution in [0.1, 0.15) is 0 Å². The minimum Gasteiger partial charge on any atom is -0.295 e. The minimum atomic E-state index is 1.19. The Morgan fingerprint density at radius 1 is 1.20 bits per heavy atom. The molecule has 0 fully saturated rings. The summed E-state index contributed by atoms with van der Waals surface area (Å²) in [6.45, 7) is 0. The molecule has 2 aromatic rings. The van der Waals surface area contributed by atoms with E-state index in [0.717, 1.165) is 0 Å². The van der Waals surface area contributed by atoms with Gasteiger partial charge >= 0.3 is 0 Å². The molecular weight excluding hydrogens is 164 g/mol. The summed E-state index contributed by atoms with van der Waals surface area (Å²) < 4.78 is 7.46. The lowest BCUT2D eigenvalue weighted by Gasteiger charge is -1.92. The molecule has 0 aliphatic carbocycles. The van der Waals surface area contributed by atoms with Crippen molar-refractivity contribution in [2.24, 2.45) is 0 Å². The van der Waals surface area contributed by atoms with Crippen molar-refractivity contribution in [1.82, 2.24) is 8.14 Å². The third kappa shape index (κ3) is 0.955. The van der Waals surface area contributed by atoms with Crippen LogP contribution in [0, 0.1) is 0 Å². The van der Waals surface area contributed by atoms with Crippen LogP contribution >= 0.6 is 23.3 Å². The zero-order valence-corrected chi connectivity index (χ0v) is 6.76. The van der Waals surface area contributed by atoms with Gasteiger partial charge in [-0.25, -0.2) is 0 Å². The van der Waals surface area contributed by atoms with Gasteiger partial charge in [0, 0.05) is 11.7 Å². The predicted molar refractivity (Wildman–Crippen MR) is 46.0 cm³/mol. The van der Waals surface area contributed by atoms with E-state index in [4.69, 9.17) is 0 Å². The number of aromatic amines is 2. The van der Waals surface area contributed by atoms with Crippen LogP contribution in [0.4, 0.5) is 0 Å². The maximum atomic E-state index is 3.15. The standard InChI is InChI=1S/C6H6N2S2/c1-2-4-6-5(3-1)7-10-8-9-6/h1-4,7-8H. The summed E-state index contributed by atoms with van der Waals surface area (Å²) in [4.78, 5) is 0. The molecule has 0 aliphatic heterocycles. The number of aromatic nitrogens is 2. The number of benzene rings is 1. The molecule has 0 saturated heterocycles. The van der Waals surface area contributed by atoms with Crippen molar-refractivity contribution in [2.75, 3.05) is 0 Å². The number of nitrogens with one attached hydrogen (secondary N) is 2. The summed E-state index contributed by atoms with van der Waals surface area (Å²) in [7, 11) is 0. The Morgan fingerprint density at radius 3 is 3.00 bits per heavy atom. The van der Waals surface area contributed by atoms with Crippen molar-refractivity contribution < 1.29 is 0 Å². The number of fused-ring (bicyclic) bond motifs is 1. The first-order chi connectivity index (χ1) is 4.97. The highest BCUT2D eigenvalue weighted by Gasteiger charge is 1.87. The smallest absolute Gasteiger partial charge is 0.0692 e. The van der Waals surface area contributed by atoms with Crippen molar-refractivity contribution in [3.8, 4) is 0 Å². The molecule has 0 radical (unpaired) electrons. The van der Waals surface area contributed by atoms with Gasteiger partial charge in [-0.2, -0.15) is 0 Å². The van der Waals surface area contributed by atoms with Crippen molar-refractivity contribution in [3.63, 3.8) is 0 Å². The fourth-order valence-electron chi connectivity index (χ4n) is 0.781. The highest BCUT2D eigenvalue weighted by molar-refractivity contribution is 7.20. The molecule has 0 aliphatic rings. The van der Waals surface area contributed by atoms with E-state index in [1.165, 1.54) is 21.9 Å². The molecule has 10 heavy (non-hydrogen) atoms. The molecule has 0 bridgehead atoms. The summed E-state index contributed by atoms with van der Waals surface area (Å²) in [6, 6.07) is 8.21. The van der Waals surface area contributed by atoms with Crippen LogP contribution in [-0.2, 0) is 0 Å². The van der Waals surface area contributed by atoms with Crippen molar-refractivity contribution in [1.29, 1.82) is 0 Å². The molecule has 1 aromatic carbocycles. The summed E-state index contributed by atoms with van der Waals surface area (Å²) >= 11 is 3.14. The summed E-state index contributed by atoms with van der Waals surface area (Å²) in [5.74, 6) is 0. The summed E-state index contributed by atoms with van der Waals surface area (Å²) in [5.41, 5.74) is 1.19. The number of rotatable bonds is 0. The van der Waals surface area contributed by atoms with E-state index < -0.39 is 0 Å². The number of hydrogen-bond donors (Lipinski definition) is 2. The summed E-state index contributed by atoms with van der Waals surface area (Å²) in [5, 5.41) is 0. The first-order valence-electron chi connectivity index (χ1n) is 2.89. The van der Waals surface area contributed by atoms with Gasteiger partial charge in [-0.1, -0.05) is 12.1 Å².